The first-order chi connectivity index (χ1) is 11.8. The van der Waals surface area contributed by atoms with E-state index in [1.54, 1.807) is 18.2 Å². The highest BCUT2D eigenvalue weighted by molar-refractivity contribution is 5.92. The van der Waals surface area contributed by atoms with Crippen molar-refractivity contribution in [1.29, 1.82) is 0 Å². The van der Waals surface area contributed by atoms with Crippen molar-refractivity contribution >= 4 is 11.6 Å². The number of carbonyl (C=O) groups is 1. The molecule has 0 aliphatic heterocycles. The third-order valence-corrected chi connectivity index (χ3v) is 3.19. The molecule has 0 atom stereocenters. The molecular formula is C17H16F3NO4. The van der Waals surface area contributed by atoms with Crippen LogP contribution in [0.15, 0.2) is 42.5 Å². The average Bonchev–Trinajstić information content (AvgIpc) is 2.59. The van der Waals surface area contributed by atoms with Gasteiger partial charge in [-0.15, -0.1) is 0 Å². The molecule has 0 fully saturated rings. The quantitative estimate of drug-likeness (QED) is 0.858. The number of amides is 1. The van der Waals surface area contributed by atoms with E-state index >= 15 is 0 Å². The highest BCUT2D eigenvalue weighted by Gasteiger charge is 2.34. The number of alkyl halides is 3. The van der Waals surface area contributed by atoms with Gasteiger partial charge in [0.05, 0.1) is 19.8 Å². The van der Waals surface area contributed by atoms with Gasteiger partial charge in [0.1, 0.15) is 17.2 Å². The third-order valence-electron chi connectivity index (χ3n) is 3.19. The van der Waals surface area contributed by atoms with Gasteiger partial charge in [0.15, 0.2) is 6.61 Å². The molecule has 134 valence electrons. The van der Waals surface area contributed by atoms with Crippen LogP contribution in [0.2, 0.25) is 0 Å². The number of benzene rings is 2. The lowest BCUT2D eigenvalue weighted by molar-refractivity contribution is -0.139. The molecule has 2 rings (SSSR count). The lowest BCUT2D eigenvalue weighted by atomic mass is 10.2. The SMILES string of the molecule is COc1cc(NC(=O)COc2ccccc2C(F)(F)F)cc(OC)c1. The predicted molar refractivity (Wildman–Crippen MR) is 85.1 cm³/mol. The van der Waals surface area contributed by atoms with Gasteiger partial charge in [-0.3, -0.25) is 4.79 Å². The molecule has 0 saturated heterocycles. The molecule has 8 heteroatoms. The van der Waals surface area contributed by atoms with E-state index in [4.69, 9.17) is 14.2 Å². The number of para-hydroxylation sites is 1. The number of hydrogen-bond donors (Lipinski definition) is 1. The van der Waals surface area contributed by atoms with Gasteiger partial charge in [-0.25, -0.2) is 0 Å². The molecule has 25 heavy (non-hydrogen) atoms. The normalized spacial score (nSPS) is 10.9. The van der Waals surface area contributed by atoms with Crippen molar-refractivity contribution in [2.24, 2.45) is 0 Å². The van der Waals surface area contributed by atoms with Crippen molar-refractivity contribution < 1.29 is 32.2 Å². The molecule has 1 N–H and O–H groups in total. The number of carbonyl (C=O) groups excluding carboxylic acids is 1. The fourth-order valence-electron chi connectivity index (χ4n) is 2.05. The molecule has 0 heterocycles. The van der Waals surface area contributed by atoms with E-state index in [1.165, 1.54) is 26.4 Å². The molecular weight excluding hydrogens is 339 g/mol. The lowest BCUT2D eigenvalue weighted by Gasteiger charge is -2.14. The van der Waals surface area contributed by atoms with Crippen molar-refractivity contribution in [3.8, 4) is 17.2 Å². The molecule has 0 unspecified atom stereocenters. The van der Waals surface area contributed by atoms with Crippen LogP contribution in [-0.2, 0) is 11.0 Å². The molecule has 5 nitrogen and oxygen atoms in total. The van der Waals surface area contributed by atoms with E-state index in [-0.39, 0.29) is 0 Å². The van der Waals surface area contributed by atoms with Gasteiger partial charge in [0.25, 0.3) is 5.91 Å². The zero-order valence-corrected chi connectivity index (χ0v) is 13.5. The van der Waals surface area contributed by atoms with Crippen molar-refractivity contribution in [3.05, 3.63) is 48.0 Å². The molecule has 0 saturated carbocycles. The van der Waals surface area contributed by atoms with Gasteiger partial charge in [-0.1, -0.05) is 12.1 Å². The fraction of sp³-hybridized carbons (Fsp3) is 0.235. The summed E-state index contributed by atoms with van der Waals surface area (Å²) >= 11 is 0. The van der Waals surface area contributed by atoms with Crippen LogP contribution in [0, 0.1) is 0 Å². The van der Waals surface area contributed by atoms with Gasteiger partial charge in [0, 0.05) is 23.9 Å². The van der Waals surface area contributed by atoms with E-state index < -0.39 is 30.0 Å². The number of anilines is 1. The summed E-state index contributed by atoms with van der Waals surface area (Å²) in [6, 6.07) is 9.40. The lowest BCUT2D eigenvalue weighted by Crippen LogP contribution is -2.21. The smallest absolute Gasteiger partial charge is 0.419 e. The highest BCUT2D eigenvalue weighted by Crippen LogP contribution is 2.35. The Morgan fingerprint density at radius 2 is 1.64 bits per heavy atom. The zero-order chi connectivity index (χ0) is 18.4. The van der Waals surface area contributed by atoms with Gasteiger partial charge in [-0.2, -0.15) is 13.2 Å². The van der Waals surface area contributed by atoms with Crippen molar-refractivity contribution in [2.45, 2.75) is 6.18 Å². The molecule has 0 aliphatic rings. The molecule has 2 aromatic carbocycles. The van der Waals surface area contributed by atoms with Gasteiger partial charge in [-0.05, 0) is 12.1 Å². The minimum absolute atomic E-state index is 0.369. The number of methoxy groups -OCH3 is 2. The molecule has 0 bridgehead atoms. The standard InChI is InChI=1S/C17H16F3NO4/c1-23-12-7-11(8-13(9-12)24-2)21-16(22)10-25-15-6-4-3-5-14(15)17(18,19)20/h3-9H,10H2,1-2H3,(H,21,22). The first-order valence-corrected chi connectivity index (χ1v) is 7.15. The summed E-state index contributed by atoms with van der Waals surface area (Å²) in [5, 5.41) is 2.51. The summed E-state index contributed by atoms with van der Waals surface area (Å²) in [7, 11) is 2.91. The molecule has 1 amide bonds. The third kappa shape index (κ3) is 5.03. The second-order valence-electron chi connectivity index (χ2n) is 4.93. The molecule has 0 radical (unpaired) electrons. The predicted octanol–water partition coefficient (Wildman–Crippen LogP) is 3.74. The number of hydrogen-bond acceptors (Lipinski definition) is 4. The maximum Gasteiger partial charge on any atom is 0.419 e. The second-order valence-corrected chi connectivity index (χ2v) is 4.93. The van der Waals surface area contributed by atoms with Crippen molar-refractivity contribution in [2.75, 3.05) is 26.1 Å². The minimum Gasteiger partial charge on any atom is -0.497 e. The number of ether oxygens (including phenoxy) is 3. The molecule has 0 aliphatic carbocycles. The van der Waals surface area contributed by atoms with Crippen LogP contribution in [0.1, 0.15) is 5.56 Å². The largest absolute Gasteiger partial charge is 0.497 e. The first kappa shape index (κ1) is 18.4. The Morgan fingerprint density at radius 3 is 2.20 bits per heavy atom. The van der Waals surface area contributed by atoms with Crippen LogP contribution in [-0.4, -0.2) is 26.7 Å². The van der Waals surface area contributed by atoms with Gasteiger partial charge >= 0.3 is 6.18 Å². The van der Waals surface area contributed by atoms with E-state index in [1.807, 2.05) is 0 Å². The zero-order valence-electron chi connectivity index (χ0n) is 13.5. The molecule has 0 spiro atoms. The number of halogens is 3. The van der Waals surface area contributed by atoms with Gasteiger partial charge < -0.3 is 19.5 Å². The Labute approximate surface area is 142 Å². The fourth-order valence-corrected chi connectivity index (χ4v) is 2.05. The Kier molecular flexibility index (Phi) is 5.74. The summed E-state index contributed by atoms with van der Waals surface area (Å²) in [6.07, 6.45) is -4.56. The molecule has 2 aromatic rings. The number of nitrogens with one attached hydrogen (secondary N) is 1. The van der Waals surface area contributed by atoms with Crippen LogP contribution in [0.3, 0.4) is 0 Å². The summed E-state index contributed by atoms with van der Waals surface area (Å²) in [5.74, 6) is -0.114. The van der Waals surface area contributed by atoms with E-state index in [0.717, 1.165) is 12.1 Å². The van der Waals surface area contributed by atoms with E-state index in [2.05, 4.69) is 5.32 Å². The maximum atomic E-state index is 12.9. The van der Waals surface area contributed by atoms with Gasteiger partial charge in [0.2, 0.25) is 0 Å². The summed E-state index contributed by atoms with van der Waals surface area (Å²) < 4.78 is 53.8. The van der Waals surface area contributed by atoms with Crippen LogP contribution in [0.5, 0.6) is 17.2 Å². The summed E-state index contributed by atoms with van der Waals surface area (Å²) in [5.41, 5.74) is -0.570. The second kappa shape index (κ2) is 7.78. The van der Waals surface area contributed by atoms with Crippen LogP contribution in [0.25, 0.3) is 0 Å². The first-order valence-electron chi connectivity index (χ1n) is 7.15. The van der Waals surface area contributed by atoms with Crippen LogP contribution in [0.4, 0.5) is 18.9 Å². The Hall–Kier alpha value is -2.90. The monoisotopic (exact) mass is 355 g/mol. The molecule has 0 aromatic heterocycles. The highest BCUT2D eigenvalue weighted by atomic mass is 19.4. The Balaban J connectivity index is 2.05. The number of rotatable bonds is 6. The summed E-state index contributed by atoms with van der Waals surface area (Å²) in [4.78, 5) is 11.9. The average molecular weight is 355 g/mol. The topological polar surface area (TPSA) is 56.8 Å². The van der Waals surface area contributed by atoms with E-state index in [9.17, 15) is 18.0 Å². The van der Waals surface area contributed by atoms with Crippen molar-refractivity contribution in [1.82, 2.24) is 0 Å². The van der Waals surface area contributed by atoms with Crippen LogP contribution < -0.4 is 19.5 Å². The minimum atomic E-state index is -4.56. The maximum absolute atomic E-state index is 12.9. The van der Waals surface area contributed by atoms with Crippen molar-refractivity contribution in [3.63, 3.8) is 0 Å². The Bertz CT molecular complexity index is 725. The van der Waals surface area contributed by atoms with Crippen LogP contribution >= 0.6 is 0 Å². The summed E-state index contributed by atoms with van der Waals surface area (Å²) in [6.45, 7) is -0.577. The Morgan fingerprint density at radius 1 is 1.04 bits per heavy atom. The van der Waals surface area contributed by atoms with E-state index in [0.29, 0.717) is 17.2 Å².